The van der Waals surface area contributed by atoms with Crippen molar-refractivity contribution >= 4 is 23.2 Å². The average Bonchev–Trinajstić information content (AvgIpc) is 2.70. The van der Waals surface area contributed by atoms with Crippen LogP contribution in [0.3, 0.4) is 0 Å². The van der Waals surface area contributed by atoms with E-state index in [1.54, 1.807) is 36.4 Å². The molecule has 3 aromatic rings. The minimum Gasteiger partial charge on any atom is -0.489 e. The van der Waals surface area contributed by atoms with Gasteiger partial charge in [0.15, 0.2) is 0 Å². The van der Waals surface area contributed by atoms with Crippen LogP contribution in [0.2, 0.25) is 0 Å². The molecule has 3 rings (SSSR count). The van der Waals surface area contributed by atoms with Crippen molar-refractivity contribution in [3.63, 3.8) is 0 Å². The van der Waals surface area contributed by atoms with Gasteiger partial charge in [0.05, 0.1) is 23.4 Å². The van der Waals surface area contributed by atoms with Gasteiger partial charge in [0.1, 0.15) is 11.4 Å². The summed E-state index contributed by atoms with van der Waals surface area (Å²) in [4.78, 5) is 21.0. The fraction of sp³-hybridized carbons (Fsp3) is 0.143. The van der Waals surface area contributed by atoms with Crippen molar-refractivity contribution in [2.75, 3.05) is 10.6 Å². The van der Waals surface area contributed by atoms with Crippen molar-refractivity contribution < 1.29 is 9.53 Å². The van der Waals surface area contributed by atoms with E-state index in [2.05, 4.69) is 26.7 Å². The lowest BCUT2D eigenvalue weighted by Gasteiger charge is -2.14. The number of nitriles is 1. The minimum absolute atomic E-state index is 0.0136. The number of hydrogen-bond acceptors (Lipinski definition) is 6. The summed E-state index contributed by atoms with van der Waals surface area (Å²) >= 11 is 0. The van der Waals surface area contributed by atoms with Crippen molar-refractivity contribution in [3.05, 3.63) is 72.1 Å². The van der Waals surface area contributed by atoms with E-state index >= 15 is 0 Å². The van der Waals surface area contributed by atoms with Crippen molar-refractivity contribution in [1.29, 1.82) is 5.26 Å². The van der Waals surface area contributed by atoms with Crippen molar-refractivity contribution in [2.45, 2.75) is 20.0 Å². The van der Waals surface area contributed by atoms with Crippen LogP contribution in [0.1, 0.15) is 29.9 Å². The number of nitrogens with zero attached hydrogens (tertiary/aromatic N) is 3. The summed E-state index contributed by atoms with van der Waals surface area (Å²) in [6, 6.07) is 17.7. The van der Waals surface area contributed by atoms with E-state index in [1.165, 1.54) is 12.3 Å². The SMILES string of the molecule is CC(C)Oc1ccccc1NC(=O)c1ccnc(Nc2ccc(C#N)cc2)n1. The Labute approximate surface area is 163 Å². The standard InChI is InChI=1S/C21H19N5O2/c1-14(2)28-19-6-4-3-5-17(19)25-20(27)18-11-12-23-21(26-18)24-16-9-7-15(13-22)8-10-16/h3-12,14H,1-2H3,(H,25,27)(H,23,24,26). The molecule has 0 atom stereocenters. The smallest absolute Gasteiger partial charge is 0.274 e. The fourth-order valence-electron chi connectivity index (χ4n) is 2.42. The summed E-state index contributed by atoms with van der Waals surface area (Å²) in [5.74, 6) is 0.505. The summed E-state index contributed by atoms with van der Waals surface area (Å²) in [5, 5.41) is 14.7. The molecule has 140 valence electrons. The first-order valence-electron chi connectivity index (χ1n) is 8.72. The molecule has 1 heterocycles. The minimum atomic E-state index is -0.370. The third-order valence-electron chi connectivity index (χ3n) is 3.66. The lowest BCUT2D eigenvalue weighted by atomic mass is 10.2. The van der Waals surface area contributed by atoms with Gasteiger partial charge < -0.3 is 15.4 Å². The lowest BCUT2D eigenvalue weighted by Crippen LogP contribution is -2.16. The Bertz CT molecular complexity index is 1010. The number of anilines is 3. The van der Waals surface area contributed by atoms with Gasteiger partial charge in [-0.1, -0.05) is 12.1 Å². The molecule has 7 heteroatoms. The molecule has 2 N–H and O–H groups in total. The molecular formula is C21H19N5O2. The third kappa shape index (κ3) is 4.83. The van der Waals surface area contributed by atoms with Crippen LogP contribution in [0.5, 0.6) is 5.75 Å². The molecule has 0 aliphatic carbocycles. The highest BCUT2D eigenvalue weighted by molar-refractivity contribution is 6.03. The summed E-state index contributed by atoms with van der Waals surface area (Å²) in [7, 11) is 0. The largest absolute Gasteiger partial charge is 0.489 e. The van der Waals surface area contributed by atoms with E-state index in [0.717, 1.165) is 0 Å². The topological polar surface area (TPSA) is 99.9 Å². The number of nitrogens with one attached hydrogen (secondary N) is 2. The van der Waals surface area contributed by atoms with Crippen LogP contribution >= 0.6 is 0 Å². The molecule has 0 radical (unpaired) electrons. The number of aromatic nitrogens is 2. The Hall–Kier alpha value is -3.92. The Morgan fingerprint density at radius 3 is 2.57 bits per heavy atom. The van der Waals surface area contributed by atoms with E-state index < -0.39 is 0 Å². The highest BCUT2D eigenvalue weighted by Crippen LogP contribution is 2.25. The molecular weight excluding hydrogens is 354 g/mol. The van der Waals surface area contributed by atoms with Crippen molar-refractivity contribution in [1.82, 2.24) is 9.97 Å². The first-order chi connectivity index (χ1) is 13.5. The highest BCUT2D eigenvalue weighted by Gasteiger charge is 2.13. The van der Waals surface area contributed by atoms with Gasteiger partial charge in [0, 0.05) is 11.9 Å². The number of ether oxygens (including phenoxy) is 1. The lowest BCUT2D eigenvalue weighted by molar-refractivity contribution is 0.102. The molecule has 0 unspecified atom stereocenters. The van der Waals surface area contributed by atoms with Gasteiger partial charge >= 0.3 is 0 Å². The van der Waals surface area contributed by atoms with Crippen LogP contribution in [0.4, 0.5) is 17.3 Å². The van der Waals surface area contributed by atoms with E-state index in [1.807, 2.05) is 26.0 Å². The molecule has 28 heavy (non-hydrogen) atoms. The molecule has 0 bridgehead atoms. The number of hydrogen-bond donors (Lipinski definition) is 2. The van der Waals surface area contributed by atoms with E-state index in [9.17, 15) is 4.79 Å². The van der Waals surface area contributed by atoms with Crippen LogP contribution in [-0.2, 0) is 0 Å². The second-order valence-corrected chi connectivity index (χ2v) is 6.20. The molecule has 2 aromatic carbocycles. The maximum atomic E-state index is 12.6. The molecule has 1 aromatic heterocycles. The first-order valence-corrected chi connectivity index (χ1v) is 8.72. The van der Waals surface area contributed by atoms with Crippen LogP contribution in [-0.4, -0.2) is 22.0 Å². The average molecular weight is 373 g/mol. The number of rotatable bonds is 6. The predicted molar refractivity (Wildman–Crippen MR) is 107 cm³/mol. The molecule has 0 saturated heterocycles. The first kappa shape index (κ1) is 18.9. The van der Waals surface area contributed by atoms with Gasteiger partial charge in [0.25, 0.3) is 5.91 Å². The Kier molecular flexibility index (Phi) is 5.82. The van der Waals surface area contributed by atoms with Crippen molar-refractivity contribution in [2.24, 2.45) is 0 Å². The summed E-state index contributed by atoms with van der Waals surface area (Å²) in [6.45, 7) is 3.84. The van der Waals surface area contributed by atoms with E-state index in [-0.39, 0.29) is 23.7 Å². The quantitative estimate of drug-likeness (QED) is 0.674. The van der Waals surface area contributed by atoms with E-state index in [0.29, 0.717) is 22.7 Å². The van der Waals surface area contributed by atoms with Crippen LogP contribution in [0, 0.1) is 11.3 Å². The van der Waals surface area contributed by atoms with Gasteiger partial charge in [-0.25, -0.2) is 9.97 Å². The number of carbonyl (C=O) groups excluding carboxylic acids is 1. The van der Waals surface area contributed by atoms with Gasteiger partial charge in [-0.15, -0.1) is 0 Å². The van der Waals surface area contributed by atoms with Crippen LogP contribution in [0.15, 0.2) is 60.8 Å². The Morgan fingerprint density at radius 2 is 1.86 bits per heavy atom. The third-order valence-corrected chi connectivity index (χ3v) is 3.66. The zero-order chi connectivity index (χ0) is 19.9. The number of para-hydroxylation sites is 2. The maximum Gasteiger partial charge on any atom is 0.274 e. The summed E-state index contributed by atoms with van der Waals surface area (Å²) < 4.78 is 5.72. The zero-order valence-corrected chi connectivity index (χ0v) is 15.5. The molecule has 0 aliphatic heterocycles. The van der Waals surface area contributed by atoms with Crippen LogP contribution < -0.4 is 15.4 Å². The van der Waals surface area contributed by atoms with Gasteiger partial charge in [-0.3, -0.25) is 4.79 Å². The van der Waals surface area contributed by atoms with Gasteiger partial charge in [0.2, 0.25) is 5.95 Å². The molecule has 0 aliphatic rings. The second kappa shape index (κ2) is 8.64. The molecule has 0 saturated carbocycles. The monoisotopic (exact) mass is 373 g/mol. The Morgan fingerprint density at radius 1 is 1.11 bits per heavy atom. The summed E-state index contributed by atoms with van der Waals surface area (Å²) in [5.41, 5.74) is 2.06. The second-order valence-electron chi connectivity index (χ2n) is 6.20. The number of benzene rings is 2. The van der Waals surface area contributed by atoms with E-state index in [4.69, 9.17) is 10.00 Å². The number of amides is 1. The Balaban J connectivity index is 1.75. The normalized spacial score (nSPS) is 10.2. The number of carbonyl (C=O) groups is 1. The molecule has 0 fully saturated rings. The molecule has 0 spiro atoms. The maximum absolute atomic E-state index is 12.6. The van der Waals surface area contributed by atoms with Crippen LogP contribution in [0.25, 0.3) is 0 Å². The zero-order valence-electron chi connectivity index (χ0n) is 15.5. The van der Waals surface area contributed by atoms with Crippen molar-refractivity contribution in [3.8, 4) is 11.8 Å². The molecule has 7 nitrogen and oxygen atoms in total. The fourth-order valence-corrected chi connectivity index (χ4v) is 2.42. The van der Waals surface area contributed by atoms with Gasteiger partial charge in [-0.05, 0) is 56.3 Å². The van der Waals surface area contributed by atoms with Gasteiger partial charge in [-0.2, -0.15) is 5.26 Å². The predicted octanol–water partition coefficient (Wildman–Crippen LogP) is 4.13. The highest BCUT2D eigenvalue weighted by atomic mass is 16.5. The summed E-state index contributed by atoms with van der Waals surface area (Å²) in [6.07, 6.45) is 1.49. The molecule has 1 amide bonds.